The number of hydrogen-bond acceptors (Lipinski definition) is 7. The molecule has 1 atom stereocenters. The van der Waals surface area contributed by atoms with Crippen LogP contribution in [-0.2, 0) is 30.0 Å². The van der Waals surface area contributed by atoms with E-state index in [0.717, 1.165) is 18.4 Å². The van der Waals surface area contributed by atoms with Gasteiger partial charge in [-0.3, -0.25) is 14.4 Å². The van der Waals surface area contributed by atoms with Crippen LogP contribution < -0.4 is 20.1 Å². The minimum Gasteiger partial charge on any atom is -0.483 e. The number of benzene rings is 4. The van der Waals surface area contributed by atoms with Crippen molar-refractivity contribution in [2.75, 3.05) is 23.8 Å². The van der Waals surface area contributed by atoms with Crippen molar-refractivity contribution in [1.29, 1.82) is 0 Å². The highest BCUT2D eigenvalue weighted by atomic mass is 35.5. The minimum absolute atomic E-state index is 0.00561. The van der Waals surface area contributed by atoms with Crippen LogP contribution in [0.1, 0.15) is 75.9 Å². The molecule has 274 valence electrons. The summed E-state index contributed by atoms with van der Waals surface area (Å²) in [4.78, 5) is 53.2. The van der Waals surface area contributed by atoms with Crippen molar-refractivity contribution in [3.8, 4) is 11.5 Å². The number of carbonyl (C=O) groups is 4. The number of esters is 1. The molecule has 1 unspecified atom stereocenters. The van der Waals surface area contributed by atoms with Crippen molar-refractivity contribution in [2.45, 2.75) is 71.3 Å². The van der Waals surface area contributed by atoms with Crippen LogP contribution in [0.25, 0.3) is 0 Å². The van der Waals surface area contributed by atoms with Crippen LogP contribution in [0.15, 0.2) is 91.0 Å². The second kappa shape index (κ2) is 17.6. The van der Waals surface area contributed by atoms with Crippen LogP contribution in [0, 0.1) is 0 Å². The molecular weight excluding hydrogens is 703 g/mol. The summed E-state index contributed by atoms with van der Waals surface area (Å²) >= 11 is 12.3. The first-order valence-corrected chi connectivity index (χ1v) is 17.7. The molecule has 4 rings (SSSR count). The number of ether oxygens (including phenoxy) is 3. The van der Waals surface area contributed by atoms with E-state index in [2.05, 4.69) is 58.2 Å². The van der Waals surface area contributed by atoms with Gasteiger partial charge in [0.1, 0.15) is 11.5 Å². The number of ketones is 1. The molecule has 2 N–H and O–H groups in total. The fourth-order valence-corrected chi connectivity index (χ4v) is 5.42. The van der Waals surface area contributed by atoms with E-state index < -0.39 is 36.3 Å². The van der Waals surface area contributed by atoms with E-state index in [4.69, 9.17) is 37.4 Å². The molecule has 0 aliphatic heterocycles. The monoisotopic (exact) mass is 746 g/mol. The molecule has 11 heteroatoms. The van der Waals surface area contributed by atoms with Gasteiger partial charge in [0.2, 0.25) is 11.9 Å². The van der Waals surface area contributed by atoms with Gasteiger partial charge in [-0.15, -0.1) is 0 Å². The predicted molar refractivity (Wildman–Crippen MR) is 205 cm³/mol. The fourth-order valence-electron chi connectivity index (χ4n) is 5.08. The molecule has 0 aromatic heterocycles. The molecule has 4 aromatic rings. The summed E-state index contributed by atoms with van der Waals surface area (Å²) in [7, 11) is 0. The van der Waals surface area contributed by atoms with Crippen molar-refractivity contribution in [3.63, 3.8) is 0 Å². The van der Waals surface area contributed by atoms with Gasteiger partial charge >= 0.3 is 5.97 Å². The Labute approximate surface area is 314 Å². The Bertz CT molecular complexity index is 1910. The molecule has 0 saturated heterocycles. The lowest BCUT2D eigenvalue weighted by atomic mass is 9.76. The number of nitrogens with one attached hydrogen (secondary N) is 2. The molecule has 0 saturated carbocycles. The van der Waals surface area contributed by atoms with Crippen LogP contribution in [0.5, 0.6) is 11.5 Å². The Kier molecular flexibility index (Phi) is 13.5. The van der Waals surface area contributed by atoms with Crippen LogP contribution in [-0.4, -0.2) is 42.9 Å². The predicted octanol–water partition coefficient (Wildman–Crippen LogP) is 9.20. The maximum absolute atomic E-state index is 13.8. The first-order chi connectivity index (χ1) is 24.6. The lowest BCUT2D eigenvalue weighted by Gasteiger charge is -2.30. The Balaban J connectivity index is 1.51. The third kappa shape index (κ3) is 10.6. The van der Waals surface area contributed by atoms with Crippen molar-refractivity contribution in [2.24, 2.45) is 0 Å². The highest BCUT2D eigenvalue weighted by Crippen LogP contribution is 2.38. The maximum Gasteiger partial charge on any atom is 0.345 e. The summed E-state index contributed by atoms with van der Waals surface area (Å²) in [6.07, 6.45) is -0.0970. The number of amides is 2. The Morgan fingerprint density at radius 3 is 2.13 bits per heavy atom. The number of rotatable bonds is 16. The standard InChI is InChI=1S/C41H44Cl2N2O7/c1-7-40(3,4)27-17-20-34(31(22-27)41(5,6)8-2)51-24-35(46)44-29-14-12-13-26(21-29)37(48)38(39(49)45-33-23-28(42)18-19-32(33)43)52-36(47)25-50-30-15-10-9-11-16-30/h9-23,38H,7-8,24-25H2,1-6H3,(H,44,46)(H,45,49). The lowest BCUT2D eigenvalue weighted by Crippen LogP contribution is -2.40. The highest BCUT2D eigenvalue weighted by Gasteiger charge is 2.33. The molecule has 0 aliphatic carbocycles. The van der Waals surface area contributed by atoms with E-state index in [1.54, 1.807) is 36.4 Å². The first kappa shape index (κ1) is 39.9. The summed E-state index contributed by atoms with van der Waals surface area (Å²) < 4.78 is 16.9. The van der Waals surface area contributed by atoms with Crippen molar-refractivity contribution >= 4 is 58.1 Å². The zero-order chi connectivity index (χ0) is 38.1. The summed E-state index contributed by atoms with van der Waals surface area (Å²) in [5, 5.41) is 5.70. The van der Waals surface area contributed by atoms with E-state index in [-0.39, 0.29) is 44.4 Å². The van der Waals surface area contributed by atoms with Crippen LogP contribution in [0.2, 0.25) is 10.0 Å². The Morgan fingerprint density at radius 1 is 0.731 bits per heavy atom. The molecule has 4 aromatic carbocycles. The van der Waals surface area contributed by atoms with Crippen LogP contribution in [0.3, 0.4) is 0 Å². The first-order valence-electron chi connectivity index (χ1n) is 17.0. The molecule has 0 aliphatic rings. The summed E-state index contributed by atoms with van der Waals surface area (Å²) in [6.45, 7) is 12.1. The molecule has 0 bridgehead atoms. The van der Waals surface area contributed by atoms with Gasteiger partial charge in [0, 0.05) is 21.8 Å². The van der Waals surface area contributed by atoms with Gasteiger partial charge in [-0.05, 0) is 77.8 Å². The lowest BCUT2D eigenvalue weighted by molar-refractivity contribution is -0.153. The molecule has 0 heterocycles. The normalized spacial score (nSPS) is 12.0. The van der Waals surface area contributed by atoms with Gasteiger partial charge in [0.15, 0.2) is 13.2 Å². The van der Waals surface area contributed by atoms with Crippen molar-refractivity contribution in [1.82, 2.24) is 0 Å². The second-order valence-corrected chi connectivity index (χ2v) is 14.4. The Morgan fingerprint density at radius 2 is 1.44 bits per heavy atom. The quantitative estimate of drug-likeness (QED) is 0.0667. The number of carbonyl (C=O) groups excluding carboxylic acids is 4. The molecule has 0 spiro atoms. The molecule has 9 nitrogen and oxygen atoms in total. The van der Waals surface area contributed by atoms with Gasteiger partial charge in [-0.2, -0.15) is 0 Å². The molecule has 0 radical (unpaired) electrons. The number of para-hydroxylation sites is 1. The van der Waals surface area contributed by atoms with E-state index in [1.807, 2.05) is 12.1 Å². The number of Topliss-reactive ketones (excluding diaryl/α,β-unsaturated/α-hetero) is 1. The maximum atomic E-state index is 13.8. The molecular formula is C41H44Cl2N2O7. The van der Waals surface area contributed by atoms with Gasteiger partial charge in [-0.1, -0.05) is 107 Å². The smallest absolute Gasteiger partial charge is 0.345 e. The van der Waals surface area contributed by atoms with Crippen LogP contribution >= 0.6 is 23.2 Å². The number of anilines is 2. The van der Waals surface area contributed by atoms with Crippen molar-refractivity contribution < 1.29 is 33.4 Å². The average Bonchev–Trinajstić information content (AvgIpc) is 3.13. The van der Waals surface area contributed by atoms with Gasteiger partial charge in [-0.25, -0.2) is 4.79 Å². The average molecular weight is 748 g/mol. The van der Waals surface area contributed by atoms with Gasteiger partial charge in [0.25, 0.3) is 11.8 Å². The molecule has 52 heavy (non-hydrogen) atoms. The SMILES string of the molecule is CCC(C)(C)c1ccc(OCC(=O)Nc2cccc(C(=O)C(OC(=O)COc3ccccc3)C(=O)Nc3cc(Cl)ccc3Cl)c2)c(C(C)(C)CC)c1. The zero-order valence-corrected chi connectivity index (χ0v) is 31.7. The van der Waals surface area contributed by atoms with Gasteiger partial charge < -0.3 is 24.8 Å². The topological polar surface area (TPSA) is 120 Å². The second-order valence-electron chi connectivity index (χ2n) is 13.6. The third-order valence-electron chi connectivity index (χ3n) is 9.06. The van der Waals surface area contributed by atoms with Gasteiger partial charge in [0.05, 0.1) is 10.7 Å². The summed E-state index contributed by atoms with van der Waals surface area (Å²) in [5.41, 5.74) is 2.37. The summed E-state index contributed by atoms with van der Waals surface area (Å²) in [5.74, 6) is -2.23. The minimum atomic E-state index is -1.93. The van der Waals surface area contributed by atoms with Crippen molar-refractivity contribution in [3.05, 3.63) is 118 Å². The van der Waals surface area contributed by atoms with Crippen LogP contribution in [0.4, 0.5) is 11.4 Å². The van der Waals surface area contributed by atoms with E-state index in [1.165, 1.54) is 42.0 Å². The largest absolute Gasteiger partial charge is 0.483 e. The molecule has 2 amide bonds. The Hall–Kier alpha value is -4.86. The molecule has 0 fully saturated rings. The summed E-state index contributed by atoms with van der Waals surface area (Å²) in [6, 6.07) is 25.0. The number of halogens is 2. The highest BCUT2D eigenvalue weighted by molar-refractivity contribution is 6.36. The van der Waals surface area contributed by atoms with E-state index in [0.29, 0.717) is 11.5 Å². The third-order valence-corrected chi connectivity index (χ3v) is 9.62. The van der Waals surface area contributed by atoms with E-state index in [9.17, 15) is 19.2 Å². The number of hydrogen-bond donors (Lipinski definition) is 2. The van der Waals surface area contributed by atoms with E-state index >= 15 is 0 Å². The fraction of sp³-hybridized carbons (Fsp3) is 0.317. The zero-order valence-electron chi connectivity index (χ0n) is 30.2.